The number of ether oxygens (including phenoxy) is 6. The maximum atomic E-state index is 13.0. The average Bonchev–Trinajstić information content (AvgIpc) is 3.33. The molecule has 2 rings (SSSR count). The highest BCUT2D eigenvalue weighted by Gasteiger charge is 2.47. The van der Waals surface area contributed by atoms with E-state index < -0.39 is 99.3 Å². The summed E-state index contributed by atoms with van der Waals surface area (Å²) in [4.78, 5) is 25.8. The van der Waals surface area contributed by atoms with Crippen molar-refractivity contribution in [2.24, 2.45) is 0 Å². The van der Waals surface area contributed by atoms with Gasteiger partial charge in [-0.3, -0.25) is 9.59 Å². The van der Waals surface area contributed by atoms with Gasteiger partial charge in [-0.05, 0) is 70.6 Å². The van der Waals surface area contributed by atoms with Gasteiger partial charge in [-0.25, -0.2) is 0 Å². The van der Waals surface area contributed by atoms with Crippen LogP contribution in [0.5, 0.6) is 0 Å². The van der Waals surface area contributed by atoms with Gasteiger partial charge in [0.2, 0.25) is 0 Å². The van der Waals surface area contributed by atoms with Crippen molar-refractivity contribution in [1.29, 1.82) is 0 Å². The number of carbonyl (C=O) groups excluding carboxylic acids is 2. The van der Waals surface area contributed by atoms with E-state index in [0.29, 0.717) is 12.8 Å². The van der Waals surface area contributed by atoms with Gasteiger partial charge in [-0.2, -0.15) is 0 Å². The van der Waals surface area contributed by atoms with E-state index in [1.54, 1.807) is 0 Å². The number of aliphatic hydroxyl groups is 7. The molecule has 15 heteroatoms. The third-order valence-electron chi connectivity index (χ3n) is 11.9. The normalized spacial score (nSPS) is 26.2. The molecule has 7 N–H and O–H groups in total. The minimum atomic E-state index is -1.77. The van der Waals surface area contributed by atoms with Gasteiger partial charge >= 0.3 is 11.9 Å². The Kier molecular flexibility index (Phi) is 36.0. The SMILES string of the molecule is CCC/C=C/C/C=C/C/C=C/C/C=C/CCCCCC(=O)OC[C@@H](CO[C@@H]1O[C@H](CO[C@@H]2O[C@H](CO)[C@H](O)C(O)C2O)[C@H](O)C(O)C1O)OC(=O)CCCCCCCCCCC/C=C/CCCC. The predicted molar refractivity (Wildman–Crippen MR) is 261 cm³/mol. The van der Waals surface area contributed by atoms with Gasteiger partial charge in [0.05, 0.1) is 19.8 Å². The van der Waals surface area contributed by atoms with Crippen LogP contribution in [0.1, 0.15) is 168 Å². The molecular formula is C53H90O15. The molecule has 392 valence electrons. The van der Waals surface area contributed by atoms with E-state index in [0.717, 1.165) is 77.0 Å². The Labute approximate surface area is 407 Å². The van der Waals surface area contributed by atoms with Gasteiger partial charge in [0, 0.05) is 12.8 Å². The van der Waals surface area contributed by atoms with Crippen LogP contribution in [0.3, 0.4) is 0 Å². The van der Waals surface area contributed by atoms with Crippen LogP contribution in [0.4, 0.5) is 0 Å². The predicted octanol–water partition coefficient (Wildman–Crippen LogP) is 7.27. The molecule has 15 nitrogen and oxygen atoms in total. The zero-order valence-electron chi connectivity index (χ0n) is 41.3. The molecule has 11 atom stereocenters. The zero-order valence-corrected chi connectivity index (χ0v) is 41.3. The smallest absolute Gasteiger partial charge is 0.306 e. The second-order valence-corrected chi connectivity index (χ2v) is 18.0. The van der Waals surface area contributed by atoms with Crippen molar-refractivity contribution in [2.45, 2.75) is 235 Å². The van der Waals surface area contributed by atoms with Crippen LogP contribution in [0.25, 0.3) is 0 Å². The number of allylic oxidation sites excluding steroid dienone is 10. The molecule has 0 amide bonds. The number of unbranched alkanes of at least 4 members (excludes halogenated alkanes) is 15. The molecule has 0 radical (unpaired) electrons. The second kappa shape index (κ2) is 39.9. The van der Waals surface area contributed by atoms with Gasteiger partial charge in [0.1, 0.15) is 55.4 Å². The first kappa shape index (κ1) is 61.3. The third kappa shape index (κ3) is 27.6. The largest absolute Gasteiger partial charge is 0.462 e. The lowest BCUT2D eigenvalue weighted by molar-refractivity contribution is -0.332. The molecule has 0 saturated carbocycles. The first-order valence-electron chi connectivity index (χ1n) is 25.9. The Bertz CT molecular complexity index is 1420. The second-order valence-electron chi connectivity index (χ2n) is 18.0. The van der Waals surface area contributed by atoms with Gasteiger partial charge in [-0.1, -0.05) is 145 Å². The van der Waals surface area contributed by atoms with Crippen molar-refractivity contribution in [3.63, 3.8) is 0 Å². The maximum Gasteiger partial charge on any atom is 0.306 e. The standard InChI is InChI=1S/C53H90O15/c1-3-5-7-9-11-13-15-17-19-20-22-23-25-27-29-31-33-35-44(55)63-38-41(66-45(56)36-34-32-30-28-26-24-21-18-16-14-12-10-8-6-4-2)39-64-52-51(62)49(60)47(58)43(68-52)40-65-53-50(61)48(59)46(57)42(37-54)67-53/h7,9-10,12-13,15,19-20,23,25,41-43,46-54,57-62H,3-6,8,11,14,16-18,21-22,24,26-40H2,1-2H3/b9-7+,12-10+,15-13+,20-19+,25-23+/t41-,42+,43+,46-,47-,48?,49?,50?,51?,52+,53+/m0/s1. The van der Waals surface area contributed by atoms with Crippen LogP contribution in [-0.4, -0.2) is 142 Å². The molecule has 2 heterocycles. The van der Waals surface area contributed by atoms with Gasteiger partial charge in [-0.15, -0.1) is 0 Å². The van der Waals surface area contributed by atoms with Gasteiger partial charge in [0.15, 0.2) is 18.7 Å². The molecule has 0 spiro atoms. The van der Waals surface area contributed by atoms with E-state index in [4.69, 9.17) is 28.4 Å². The first-order chi connectivity index (χ1) is 33.0. The van der Waals surface area contributed by atoms with Crippen LogP contribution in [0.15, 0.2) is 60.8 Å². The molecular weight excluding hydrogens is 877 g/mol. The molecule has 2 aliphatic rings. The highest BCUT2D eigenvalue weighted by Crippen LogP contribution is 2.26. The molecule has 4 unspecified atom stereocenters. The number of carbonyl (C=O) groups is 2. The van der Waals surface area contributed by atoms with E-state index in [1.807, 2.05) is 0 Å². The summed E-state index contributed by atoms with van der Waals surface area (Å²) in [6.07, 6.45) is 28.1. The monoisotopic (exact) mass is 967 g/mol. The van der Waals surface area contributed by atoms with Crippen LogP contribution in [0.2, 0.25) is 0 Å². The Hall–Kier alpha value is -2.80. The lowest BCUT2D eigenvalue weighted by Gasteiger charge is -2.42. The van der Waals surface area contributed by atoms with Crippen LogP contribution in [-0.2, 0) is 38.0 Å². The van der Waals surface area contributed by atoms with Crippen LogP contribution >= 0.6 is 0 Å². The minimum Gasteiger partial charge on any atom is -0.462 e. The number of hydrogen-bond acceptors (Lipinski definition) is 15. The van der Waals surface area contributed by atoms with E-state index >= 15 is 0 Å². The van der Waals surface area contributed by atoms with Gasteiger partial charge < -0.3 is 64.2 Å². The van der Waals surface area contributed by atoms with Crippen molar-refractivity contribution < 1.29 is 73.8 Å². The molecule has 2 saturated heterocycles. The van der Waals surface area contributed by atoms with Crippen molar-refractivity contribution >= 4 is 11.9 Å². The summed E-state index contributed by atoms with van der Waals surface area (Å²) in [6.45, 7) is 2.45. The number of esters is 2. The maximum absolute atomic E-state index is 13.0. The molecule has 0 bridgehead atoms. The quantitative estimate of drug-likeness (QED) is 0.0183. The highest BCUT2D eigenvalue weighted by atomic mass is 16.7. The topological polar surface area (TPSA) is 231 Å². The van der Waals surface area contributed by atoms with Crippen molar-refractivity contribution in [3.8, 4) is 0 Å². The fourth-order valence-electron chi connectivity index (χ4n) is 7.66. The summed E-state index contributed by atoms with van der Waals surface area (Å²) < 4.78 is 33.5. The summed E-state index contributed by atoms with van der Waals surface area (Å²) in [6, 6.07) is 0. The van der Waals surface area contributed by atoms with Crippen molar-refractivity contribution in [1.82, 2.24) is 0 Å². The summed E-state index contributed by atoms with van der Waals surface area (Å²) >= 11 is 0. The fourth-order valence-corrected chi connectivity index (χ4v) is 7.66. The molecule has 2 fully saturated rings. The number of hydrogen-bond donors (Lipinski definition) is 7. The lowest BCUT2D eigenvalue weighted by Crippen LogP contribution is -2.61. The fraction of sp³-hybridized carbons (Fsp3) is 0.774. The number of rotatable bonds is 39. The molecule has 0 aromatic rings. The highest BCUT2D eigenvalue weighted by molar-refractivity contribution is 5.70. The Balaban J connectivity index is 1.82. The Morgan fingerprint density at radius 1 is 0.471 bits per heavy atom. The third-order valence-corrected chi connectivity index (χ3v) is 11.9. The Morgan fingerprint density at radius 3 is 1.47 bits per heavy atom. The molecule has 2 aliphatic heterocycles. The molecule has 68 heavy (non-hydrogen) atoms. The molecule has 0 aliphatic carbocycles. The van der Waals surface area contributed by atoms with Crippen molar-refractivity contribution in [3.05, 3.63) is 60.8 Å². The summed E-state index contributed by atoms with van der Waals surface area (Å²) in [5, 5.41) is 72.1. The lowest BCUT2D eigenvalue weighted by atomic mass is 9.98. The molecule has 0 aromatic carbocycles. The van der Waals surface area contributed by atoms with Gasteiger partial charge in [0.25, 0.3) is 0 Å². The zero-order chi connectivity index (χ0) is 49.6. The average molecular weight is 967 g/mol. The Morgan fingerprint density at radius 2 is 0.912 bits per heavy atom. The summed E-state index contributed by atoms with van der Waals surface area (Å²) in [5.74, 6) is -0.967. The number of aliphatic hydroxyl groups excluding tert-OH is 7. The summed E-state index contributed by atoms with van der Waals surface area (Å²) in [5.41, 5.74) is 0. The van der Waals surface area contributed by atoms with E-state index in [1.165, 1.54) is 51.4 Å². The minimum absolute atomic E-state index is 0.153. The van der Waals surface area contributed by atoms with Crippen LogP contribution < -0.4 is 0 Å². The summed E-state index contributed by atoms with van der Waals surface area (Å²) in [7, 11) is 0. The van der Waals surface area contributed by atoms with E-state index in [9.17, 15) is 45.3 Å². The van der Waals surface area contributed by atoms with Crippen LogP contribution in [0, 0.1) is 0 Å². The van der Waals surface area contributed by atoms with E-state index in [2.05, 4.69) is 74.6 Å². The van der Waals surface area contributed by atoms with E-state index in [-0.39, 0.29) is 19.4 Å². The van der Waals surface area contributed by atoms with Crippen molar-refractivity contribution in [2.75, 3.05) is 26.4 Å². The first-order valence-corrected chi connectivity index (χ1v) is 25.9. The molecule has 0 aromatic heterocycles.